The number of benzene rings is 1. The minimum atomic E-state index is -1.30. The molecule has 276 valence electrons. The highest BCUT2D eigenvalue weighted by Gasteiger charge is 2.78. The van der Waals surface area contributed by atoms with Crippen LogP contribution in [-0.2, 0) is 20.9 Å². The summed E-state index contributed by atoms with van der Waals surface area (Å²) >= 11 is 0. The Labute approximate surface area is 306 Å². The van der Waals surface area contributed by atoms with Crippen molar-refractivity contribution in [2.45, 2.75) is 116 Å². The van der Waals surface area contributed by atoms with E-state index >= 15 is 4.79 Å². The quantitative estimate of drug-likeness (QED) is 0.178. The monoisotopic (exact) mass is 707 g/mol. The highest BCUT2D eigenvalue weighted by atomic mass is 16.6. The summed E-state index contributed by atoms with van der Waals surface area (Å²) in [4.78, 5) is 44.8. The molecule has 0 radical (unpaired) electrons. The van der Waals surface area contributed by atoms with Crippen molar-refractivity contribution in [2.75, 3.05) is 6.54 Å². The zero-order valence-electron chi connectivity index (χ0n) is 31.2. The molecule has 10 rings (SSSR count). The smallest absolute Gasteiger partial charge is 0.313 e. The topological polar surface area (TPSA) is 117 Å². The first-order chi connectivity index (χ1) is 24.5. The number of esters is 1. The molecule has 8 nitrogen and oxygen atoms in total. The Morgan fingerprint density at radius 1 is 0.865 bits per heavy atom. The van der Waals surface area contributed by atoms with E-state index in [1.165, 1.54) is 0 Å². The molecule has 1 aliphatic heterocycles. The molecule has 52 heavy (non-hydrogen) atoms. The van der Waals surface area contributed by atoms with Crippen molar-refractivity contribution < 1.29 is 33.8 Å². The lowest BCUT2D eigenvalue weighted by atomic mass is 9.32. The van der Waals surface area contributed by atoms with Crippen LogP contribution >= 0.6 is 0 Å². The second-order valence-electron chi connectivity index (χ2n) is 18.9. The molecule has 4 bridgehead atoms. The second kappa shape index (κ2) is 10.6. The van der Waals surface area contributed by atoms with Crippen molar-refractivity contribution in [3.05, 3.63) is 83.9 Å². The van der Waals surface area contributed by atoms with E-state index in [1.807, 2.05) is 51.1 Å². The van der Waals surface area contributed by atoms with E-state index in [-0.39, 0.29) is 48.0 Å². The van der Waals surface area contributed by atoms with Crippen LogP contribution in [-0.4, -0.2) is 56.6 Å². The molecule has 1 saturated heterocycles. The number of aliphatic hydroxyl groups is 2. The van der Waals surface area contributed by atoms with E-state index in [0.29, 0.717) is 37.9 Å². The fourth-order valence-corrected chi connectivity index (χ4v) is 13.4. The van der Waals surface area contributed by atoms with Crippen molar-refractivity contribution in [1.29, 1.82) is 0 Å². The first kappa shape index (κ1) is 34.3. The highest BCUT2D eigenvalue weighted by Crippen LogP contribution is 2.78. The van der Waals surface area contributed by atoms with Gasteiger partial charge in [-0.05, 0) is 99.7 Å². The Morgan fingerprint density at radius 3 is 2.25 bits per heavy atom. The Kier molecular flexibility index (Phi) is 6.98. The van der Waals surface area contributed by atoms with Gasteiger partial charge in [0, 0.05) is 33.8 Å². The Balaban J connectivity index is 1.13. The van der Waals surface area contributed by atoms with E-state index in [9.17, 15) is 19.8 Å². The Hall–Kier alpha value is -3.49. The Bertz CT molecular complexity index is 1920. The van der Waals surface area contributed by atoms with Crippen molar-refractivity contribution >= 4 is 17.7 Å². The predicted molar refractivity (Wildman–Crippen MR) is 193 cm³/mol. The van der Waals surface area contributed by atoms with Crippen molar-refractivity contribution in [3.8, 4) is 0 Å². The van der Waals surface area contributed by atoms with Crippen LogP contribution in [0.25, 0.3) is 0 Å². The summed E-state index contributed by atoms with van der Waals surface area (Å²) in [5.74, 6) is -0.281. The number of ketones is 1. The number of hydrogen-bond acceptors (Lipinski definition) is 7. The number of rotatable bonds is 7. The number of fused-ring (bicyclic) bond motifs is 3. The van der Waals surface area contributed by atoms with Gasteiger partial charge in [0.2, 0.25) is 5.78 Å². The zero-order chi connectivity index (χ0) is 36.7. The molecule has 10 unspecified atom stereocenters. The van der Waals surface area contributed by atoms with Gasteiger partial charge < -0.3 is 24.3 Å². The number of nitrogens with zero attached hydrogens (tertiary/aromatic N) is 1. The number of hydrogen-bond donors (Lipinski definition) is 2. The van der Waals surface area contributed by atoms with Gasteiger partial charge in [0.05, 0.1) is 29.9 Å². The van der Waals surface area contributed by atoms with E-state index in [1.54, 1.807) is 23.3 Å². The minimum absolute atomic E-state index is 0.0745. The van der Waals surface area contributed by atoms with E-state index in [0.717, 1.165) is 36.8 Å². The molecular formula is C44H53NO7. The molecule has 1 aromatic carbocycles. The summed E-state index contributed by atoms with van der Waals surface area (Å²) in [5.41, 5.74) is -4.23. The predicted octanol–water partition coefficient (Wildman–Crippen LogP) is 7.20. The third-order valence-corrected chi connectivity index (χ3v) is 17.1. The summed E-state index contributed by atoms with van der Waals surface area (Å²) in [6.45, 7) is 10.8. The highest BCUT2D eigenvalue weighted by molar-refractivity contribution is 6.08. The van der Waals surface area contributed by atoms with E-state index in [2.05, 4.69) is 32.1 Å². The fraction of sp³-hybridized carbons (Fsp3) is 0.614. The van der Waals surface area contributed by atoms with E-state index < -0.39 is 44.4 Å². The third kappa shape index (κ3) is 3.88. The maximum atomic E-state index is 15.1. The largest absolute Gasteiger partial charge is 0.461 e. The average Bonchev–Trinajstić information content (AvgIpc) is 3.83. The standard InChI is InChI=1S/C44H53NO7/c1-37(2)40(5)19-22-44(37,52-36(40)49)35(48)45(26-28-10-7-6-8-11-28)27-42(50)18-15-33-39(42,4)17-14-32-38(3)16-13-29(46)24-41(38)20-21-43(32,33)30(25-41)34(47)31-12-9-23-51-31/h6-12,20-21,23,25,29,32-33,46,50H,13-19,22,24,26-27H2,1-5H3. The van der Waals surface area contributed by atoms with Gasteiger partial charge in [0.15, 0.2) is 11.4 Å². The van der Waals surface area contributed by atoms with Crippen molar-refractivity contribution in [3.63, 3.8) is 0 Å². The number of ether oxygens (including phenoxy) is 1. The number of carbonyl (C=O) groups is 3. The molecule has 2 aromatic rings. The van der Waals surface area contributed by atoms with Gasteiger partial charge >= 0.3 is 5.97 Å². The number of Topliss-reactive ketones (excluding diaryl/α,β-unsaturated/α-hetero) is 1. The summed E-state index contributed by atoms with van der Waals surface area (Å²) in [6.07, 6.45) is 13.9. The summed E-state index contributed by atoms with van der Waals surface area (Å²) in [6, 6.07) is 13.3. The van der Waals surface area contributed by atoms with Gasteiger partial charge in [-0.15, -0.1) is 0 Å². The molecule has 8 aliphatic rings. The van der Waals surface area contributed by atoms with Crippen LogP contribution < -0.4 is 0 Å². The first-order valence-corrected chi connectivity index (χ1v) is 19.5. The molecule has 7 aliphatic carbocycles. The molecule has 2 heterocycles. The van der Waals surface area contributed by atoms with Gasteiger partial charge in [-0.1, -0.05) is 76.3 Å². The van der Waals surface area contributed by atoms with Gasteiger partial charge in [-0.25, -0.2) is 0 Å². The molecule has 8 heteroatoms. The number of allylic oxidation sites excluding steroid dienone is 4. The average molecular weight is 708 g/mol. The lowest BCUT2D eigenvalue weighted by Crippen LogP contribution is -2.67. The molecule has 10 atom stereocenters. The molecule has 2 spiro atoms. The second-order valence-corrected chi connectivity index (χ2v) is 18.9. The third-order valence-electron chi connectivity index (χ3n) is 17.1. The van der Waals surface area contributed by atoms with Gasteiger partial charge in [-0.2, -0.15) is 0 Å². The SMILES string of the molecule is CC12CCC(C(=O)N(Cc3ccccc3)CC3(O)CCC4C56C=CC7(C=C5C(=O)c5ccco5)CC(O)CCC7(C)C6CCC43C)(OC1=O)C2(C)C. The summed E-state index contributed by atoms with van der Waals surface area (Å²) in [5, 5.41) is 24.2. The lowest BCUT2D eigenvalue weighted by molar-refractivity contribution is -0.187. The van der Waals surface area contributed by atoms with Crippen molar-refractivity contribution in [2.24, 2.45) is 44.3 Å². The van der Waals surface area contributed by atoms with Crippen LogP contribution in [0.15, 0.2) is 76.9 Å². The van der Waals surface area contributed by atoms with Crippen LogP contribution in [0.5, 0.6) is 0 Å². The molecule has 1 amide bonds. The number of carbonyl (C=O) groups excluding carboxylic acids is 3. The van der Waals surface area contributed by atoms with Gasteiger partial charge in [0.1, 0.15) is 0 Å². The van der Waals surface area contributed by atoms with E-state index in [4.69, 9.17) is 9.15 Å². The fourth-order valence-electron chi connectivity index (χ4n) is 13.4. The Morgan fingerprint density at radius 2 is 1.58 bits per heavy atom. The van der Waals surface area contributed by atoms with Crippen LogP contribution in [0.4, 0.5) is 0 Å². The van der Waals surface area contributed by atoms with Crippen LogP contribution in [0.1, 0.15) is 109 Å². The van der Waals surface area contributed by atoms with Crippen LogP contribution in [0.2, 0.25) is 0 Å². The van der Waals surface area contributed by atoms with Crippen LogP contribution in [0.3, 0.4) is 0 Å². The molecule has 5 fully saturated rings. The maximum Gasteiger partial charge on any atom is 0.313 e. The summed E-state index contributed by atoms with van der Waals surface area (Å²) in [7, 11) is 0. The molecule has 4 saturated carbocycles. The molecule has 1 aromatic heterocycles. The number of aliphatic hydroxyl groups excluding tert-OH is 1. The van der Waals surface area contributed by atoms with Gasteiger partial charge in [0.25, 0.3) is 5.91 Å². The zero-order valence-corrected chi connectivity index (χ0v) is 31.2. The normalized spacial score (nSPS) is 44.8. The van der Waals surface area contributed by atoms with Crippen LogP contribution in [0, 0.1) is 44.3 Å². The summed E-state index contributed by atoms with van der Waals surface area (Å²) < 4.78 is 11.9. The lowest BCUT2D eigenvalue weighted by Gasteiger charge is -2.71. The molecular weight excluding hydrogens is 654 g/mol. The van der Waals surface area contributed by atoms with Gasteiger partial charge in [-0.3, -0.25) is 14.4 Å². The minimum Gasteiger partial charge on any atom is -0.461 e. The van der Waals surface area contributed by atoms with Crippen molar-refractivity contribution in [1.82, 2.24) is 4.90 Å². The maximum absolute atomic E-state index is 15.1. The molecule has 2 N–H and O–H groups in total. The first-order valence-electron chi connectivity index (χ1n) is 19.5. The number of amides is 1. The number of furan rings is 1.